The molecular weight excluding hydrogens is 355 g/mol. The predicted molar refractivity (Wildman–Crippen MR) is 86.0 cm³/mol. The number of benzene rings is 1. The van der Waals surface area contributed by atoms with Crippen molar-refractivity contribution < 1.29 is 59.5 Å². The number of aliphatic hydroxyl groups excluding tert-OH is 2. The van der Waals surface area contributed by atoms with Crippen molar-refractivity contribution in [1.29, 1.82) is 0 Å². The Balaban J connectivity index is 0.00000225. The Kier molecular flexibility index (Phi) is 6.32. The van der Waals surface area contributed by atoms with E-state index in [2.05, 4.69) is 0 Å². The van der Waals surface area contributed by atoms with Gasteiger partial charge in [0.15, 0.2) is 0 Å². The Morgan fingerprint density at radius 2 is 2.12 bits per heavy atom. The number of aliphatic hydroxyl groups is 3. The predicted octanol–water partition coefficient (Wildman–Crippen LogP) is -2.78. The minimum absolute atomic E-state index is 0. The molecule has 1 unspecified atom stereocenters. The van der Waals surface area contributed by atoms with Crippen LogP contribution < -0.4 is 34.7 Å². The van der Waals surface area contributed by atoms with Gasteiger partial charge >= 0.3 is 29.6 Å². The number of carboxylic acids is 1. The van der Waals surface area contributed by atoms with Gasteiger partial charge in [0.25, 0.3) is 0 Å². The fourth-order valence-corrected chi connectivity index (χ4v) is 3.67. The van der Waals surface area contributed by atoms with E-state index in [1.807, 2.05) is 31.2 Å². The van der Waals surface area contributed by atoms with Crippen LogP contribution in [0, 0.1) is 6.92 Å². The zero-order valence-corrected chi connectivity index (χ0v) is 16.7. The summed E-state index contributed by atoms with van der Waals surface area (Å²) < 4.78 is 6.55. The number of ether oxygens (including phenoxy) is 1. The van der Waals surface area contributed by atoms with E-state index in [0.29, 0.717) is 0 Å². The van der Waals surface area contributed by atoms with Crippen LogP contribution in [0.5, 0.6) is 0 Å². The maximum absolute atomic E-state index is 11.0. The molecular formula is C17H17NaO6S. The maximum atomic E-state index is 11.0. The van der Waals surface area contributed by atoms with Crippen molar-refractivity contribution in [2.45, 2.75) is 37.8 Å². The number of carbonyl (C=O) groups excluding carboxylic acids is 1. The van der Waals surface area contributed by atoms with Gasteiger partial charge in [-0.25, -0.2) is 0 Å². The molecule has 1 aromatic heterocycles. The van der Waals surface area contributed by atoms with E-state index in [1.165, 1.54) is 11.3 Å². The van der Waals surface area contributed by atoms with Gasteiger partial charge < -0.3 is 30.0 Å². The Bertz CT molecular complexity index is 817. The molecule has 3 N–H and O–H groups in total. The van der Waals surface area contributed by atoms with Crippen LogP contribution in [0.1, 0.15) is 16.9 Å². The summed E-state index contributed by atoms with van der Waals surface area (Å²) in [5.74, 6) is -1.92. The van der Waals surface area contributed by atoms with E-state index in [0.717, 1.165) is 26.6 Å². The smallest absolute Gasteiger partial charge is 0.547 e. The topological polar surface area (TPSA) is 110 Å². The Hall–Kier alpha value is -0.930. The number of fused-ring (bicyclic) bond motifs is 1. The SMILES string of the molecule is Cc1ccc2sc(COC3=C[C@@](O)(C(=O)[O-])CC(O)[C@@H]3O)cc2c1.[Na+]. The number of hydrogen-bond acceptors (Lipinski definition) is 7. The molecule has 1 aliphatic carbocycles. The molecule has 0 bridgehead atoms. The molecule has 25 heavy (non-hydrogen) atoms. The molecule has 0 radical (unpaired) electrons. The summed E-state index contributed by atoms with van der Waals surface area (Å²) in [6.07, 6.45) is -2.48. The summed E-state index contributed by atoms with van der Waals surface area (Å²) in [6, 6.07) is 8.01. The molecule has 0 amide bonds. The van der Waals surface area contributed by atoms with E-state index >= 15 is 0 Å². The molecule has 128 valence electrons. The average Bonchev–Trinajstić information content (AvgIpc) is 2.91. The molecule has 0 saturated carbocycles. The molecule has 1 aliphatic rings. The minimum Gasteiger partial charge on any atom is -0.547 e. The quantitative estimate of drug-likeness (QED) is 0.501. The van der Waals surface area contributed by atoms with Crippen molar-refractivity contribution in [1.82, 2.24) is 0 Å². The van der Waals surface area contributed by atoms with Crippen LogP contribution in [0.2, 0.25) is 0 Å². The molecule has 1 heterocycles. The van der Waals surface area contributed by atoms with Crippen LogP contribution in [0.25, 0.3) is 10.1 Å². The average molecular weight is 372 g/mol. The van der Waals surface area contributed by atoms with E-state index < -0.39 is 30.2 Å². The molecule has 3 rings (SSSR count). The second-order valence-corrected chi connectivity index (χ2v) is 7.19. The number of aryl methyl sites for hydroxylation is 1. The van der Waals surface area contributed by atoms with Crippen LogP contribution in [0.3, 0.4) is 0 Å². The van der Waals surface area contributed by atoms with E-state index in [4.69, 9.17) is 4.74 Å². The van der Waals surface area contributed by atoms with Crippen LogP contribution >= 0.6 is 11.3 Å². The largest absolute Gasteiger partial charge is 1.00 e. The Morgan fingerprint density at radius 3 is 2.80 bits per heavy atom. The number of hydrogen-bond donors (Lipinski definition) is 3. The standard InChI is InChI=1S/C17H18O6S.Na/c1-9-2-3-14-10(4-9)5-11(24-14)8-23-13-7-17(22,16(20)21)6-12(18)15(13)19;/h2-5,7,12,15,18-19,22H,6,8H2,1H3,(H,20,21);/q;+1/p-1/t12?,15-,17+;/m0./s1. The Labute approximate surface area is 170 Å². The minimum atomic E-state index is -2.36. The molecule has 8 heteroatoms. The molecule has 0 spiro atoms. The number of thiophene rings is 1. The molecule has 6 nitrogen and oxygen atoms in total. The van der Waals surface area contributed by atoms with E-state index in [1.54, 1.807) is 0 Å². The molecule has 1 aromatic carbocycles. The van der Waals surface area contributed by atoms with Crippen molar-refractivity contribution in [2.75, 3.05) is 0 Å². The molecule has 3 atom stereocenters. The van der Waals surface area contributed by atoms with Crippen LogP contribution in [0.4, 0.5) is 0 Å². The number of rotatable bonds is 4. The zero-order valence-electron chi connectivity index (χ0n) is 13.9. The molecule has 2 aromatic rings. The summed E-state index contributed by atoms with van der Waals surface area (Å²) in [7, 11) is 0. The molecule has 0 aliphatic heterocycles. The maximum Gasteiger partial charge on any atom is 1.00 e. The molecule has 0 fully saturated rings. The summed E-state index contributed by atoms with van der Waals surface area (Å²) in [4.78, 5) is 11.9. The summed E-state index contributed by atoms with van der Waals surface area (Å²) in [5.41, 5.74) is -1.22. The third-order valence-corrected chi connectivity index (χ3v) is 5.10. The fraction of sp³-hybridized carbons (Fsp3) is 0.353. The van der Waals surface area contributed by atoms with Crippen molar-refractivity contribution >= 4 is 27.4 Å². The van der Waals surface area contributed by atoms with Gasteiger partial charge in [-0.15, -0.1) is 11.3 Å². The van der Waals surface area contributed by atoms with Gasteiger partial charge in [0, 0.05) is 16.0 Å². The Morgan fingerprint density at radius 1 is 1.40 bits per heavy atom. The van der Waals surface area contributed by atoms with Crippen LogP contribution in [-0.2, 0) is 16.1 Å². The van der Waals surface area contributed by atoms with Gasteiger partial charge in [-0.05, 0) is 30.5 Å². The first-order chi connectivity index (χ1) is 11.3. The first-order valence-electron chi connectivity index (χ1n) is 7.43. The third-order valence-electron chi connectivity index (χ3n) is 4.01. The molecule has 0 saturated heterocycles. The van der Waals surface area contributed by atoms with Gasteiger partial charge in [-0.3, -0.25) is 0 Å². The van der Waals surface area contributed by atoms with Crippen molar-refractivity contribution in [3.63, 3.8) is 0 Å². The summed E-state index contributed by atoms with van der Waals surface area (Å²) in [6.45, 7) is 2.09. The second kappa shape index (κ2) is 7.75. The van der Waals surface area contributed by atoms with Crippen molar-refractivity contribution in [3.05, 3.63) is 46.5 Å². The fourth-order valence-electron chi connectivity index (χ4n) is 2.71. The number of aliphatic carboxylic acids is 1. The van der Waals surface area contributed by atoms with Crippen molar-refractivity contribution in [2.24, 2.45) is 0 Å². The number of carbonyl (C=O) groups is 1. The normalized spacial score (nSPS) is 26.0. The number of carboxylic acid groups (broad SMARTS) is 1. The van der Waals surface area contributed by atoms with Crippen LogP contribution in [0.15, 0.2) is 36.1 Å². The zero-order chi connectivity index (χ0) is 17.5. The van der Waals surface area contributed by atoms with E-state index in [-0.39, 0.29) is 41.9 Å². The first-order valence-corrected chi connectivity index (χ1v) is 8.25. The van der Waals surface area contributed by atoms with Gasteiger partial charge in [0.2, 0.25) is 0 Å². The first kappa shape index (κ1) is 20.4. The van der Waals surface area contributed by atoms with Gasteiger partial charge in [-0.1, -0.05) is 17.7 Å². The third kappa shape index (κ3) is 4.25. The summed E-state index contributed by atoms with van der Waals surface area (Å²) >= 11 is 1.52. The monoisotopic (exact) mass is 372 g/mol. The van der Waals surface area contributed by atoms with Gasteiger partial charge in [0.1, 0.15) is 24.1 Å². The summed E-state index contributed by atoms with van der Waals surface area (Å²) in [5, 5.41) is 41.8. The van der Waals surface area contributed by atoms with Crippen LogP contribution in [-0.4, -0.2) is 39.1 Å². The van der Waals surface area contributed by atoms with E-state index in [9.17, 15) is 25.2 Å². The van der Waals surface area contributed by atoms with Crippen molar-refractivity contribution in [3.8, 4) is 0 Å². The second-order valence-electron chi connectivity index (χ2n) is 6.02. The van der Waals surface area contributed by atoms with Gasteiger partial charge in [0.05, 0.1) is 12.1 Å². The van der Waals surface area contributed by atoms with Gasteiger partial charge in [-0.2, -0.15) is 0 Å².